The number of amides is 1. The van der Waals surface area contributed by atoms with Crippen molar-refractivity contribution in [2.24, 2.45) is 5.10 Å². The van der Waals surface area contributed by atoms with E-state index in [4.69, 9.17) is 11.6 Å². The minimum atomic E-state index is -0.213. The molecule has 0 saturated carbocycles. The van der Waals surface area contributed by atoms with E-state index in [1.54, 1.807) is 24.2 Å². The van der Waals surface area contributed by atoms with Crippen molar-refractivity contribution in [2.45, 2.75) is 64.8 Å². The van der Waals surface area contributed by atoms with Crippen LogP contribution < -0.4 is 10.3 Å². The molecule has 2 aromatic carbocycles. The topological polar surface area (TPSA) is 64.9 Å². The number of hydrogen-bond acceptors (Lipinski definition) is 4. The van der Waals surface area contributed by atoms with Gasteiger partial charge in [0.25, 0.3) is 5.91 Å². The highest BCUT2D eigenvalue weighted by atomic mass is 79.9. The first-order valence-corrected chi connectivity index (χ1v) is 12.4. The molecule has 1 unspecified atom stereocenters. The number of carbonyl (C=O) groups excluding carboxylic acids is 1. The number of phenols is 1. The first-order valence-electron chi connectivity index (χ1n) is 11.2. The van der Waals surface area contributed by atoms with Crippen molar-refractivity contribution in [3.8, 4) is 5.75 Å². The Bertz CT molecular complexity index is 897. The Morgan fingerprint density at radius 1 is 1.12 bits per heavy atom. The van der Waals surface area contributed by atoms with E-state index < -0.39 is 0 Å². The summed E-state index contributed by atoms with van der Waals surface area (Å²) in [4.78, 5) is 12.0. The molecule has 174 valence electrons. The maximum atomic E-state index is 12.0. The monoisotopic (exact) mass is 521 g/mol. The van der Waals surface area contributed by atoms with Gasteiger partial charge in [-0.1, -0.05) is 92.0 Å². The summed E-state index contributed by atoms with van der Waals surface area (Å²) < 4.78 is 0.978. The van der Waals surface area contributed by atoms with Gasteiger partial charge in [0.05, 0.1) is 16.8 Å². The summed E-state index contributed by atoms with van der Waals surface area (Å²) in [6.45, 7) is 4.51. The molecular formula is C25H33BrClN3O2. The number of unbranched alkanes of at least 4 members (excludes halogenated alkanes) is 5. The van der Waals surface area contributed by atoms with Gasteiger partial charge < -0.3 is 10.4 Å². The van der Waals surface area contributed by atoms with Gasteiger partial charge in [0.2, 0.25) is 0 Å². The molecule has 5 nitrogen and oxygen atoms in total. The predicted molar refractivity (Wildman–Crippen MR) is 138 cm³/mol. The summed E-state index contributed by atoms with van der Waals surface area (Å²) in [6.07, 6.45) is 8.96. The fourth-order valence-corrected chi connectivity index (χ4v) is 4.02. The molecule has 0 radical (unpaired) electrons. The third-order valence-electron chi connectivity index (χ3n) is 5.29. The Labute approximate surface area is 205 Å². The van der Waals surface area contributed by atoms with E-state index in [0.29, 0.717) is 22.8 Å². The van der Waals surface area contributed by atoms with Gasteiger partial charge in [-0.3, -0.25) is 9.80 Å². The van der Waals surface area contributed by atoms with Crippen LogP contribution in [0.3, 0.4) is 0 Å². The van der Waals surface area contributed by atoms with Crippen LogP contribution in [0, 0.1) is 0 Å². The van der Waals surface area contributed by atoms with Gasteiger partial charge in [0.15, 0.2) is 0 Å². The van der Waals surface area contributed by atoms with Gasteiger partial charge in [0, 0.05) is 24.0 Å². The average Bonchev–Trinajstić information content (AvgIpc) is 3.22. The van der Waals surface area contributed by atoms with Crippen LogP contribution in [0.5, 0.6) is 5.75 Å². The van der Waals surface area contributed by atoms with Crippen molar-refractivity contribution in [1.29, 1.82) is 0 Å². The fraction of sp³-hybridized carbons (Fsp3) is 0.440. The molecule has 1 heterocycles. The molecule has 0 bridgehead atoms. The lowest BCUT2D eigenvalue weighted by Gasteiger charge is -2.25. The number of carbonyl (C=O) groups is 1. The zero-order chi connectivity index (χ0) is 23.5. The van der Waals surface area contributed by atoms with Crippen molar-refractivity contribution in [3.05, 3.63) is 57.5 Å². The first-order chi connectivity index (χ1) is 15.4. The maximum absolute atomic E-state index is 12.0. The quantitative estimate of drug-likeness (QED) is 0.359. The van der Waals surface area contributed by atoms with Gasteiger partial charge >= 0.3 is 0 Å². The molecule has 1 amide bonds. The Hall–Kier alpha value is -2.05. The van der Waals surface area contributed by atoms with Crippen LogP contribution in [0.25, 0.3) is 0 Å². The Morgan fingerprint density at radius 2 is 1.75 bits per heavy atom. The molecule has 1 aliphatic rings. The molecule has 0 aliphatic carbocycles. The molecule has 0 aromatic heterocycles. The van der Waals surface area contributed by atoms with Crippen molar-refractivity contribution in [1.82, 2.24) is 5.32 Å². The molecule has 7 heteroatoms. The Kier molecular flexibility index (Phi) is 11.0. The van der Waals surface area contributed by atoms with Crippen molar-refractivity contribution in [3.63, 3.8) is 0 Å². The molecule has 2 aromatic rings. The van der Waals surface area contributed by atoms with Gasteiger partial charge in [-0.05, 0) is 29.8 Å². The zero-order valence-corrected chi connectivity index (χ0v) is 21.4. The second-order valence-corrected chi connectivity index (χ2v) is 9.11. The second-order valence-electron chi connectivity index (χ2n) is 7.79. The predicted octanol–water partition coefficient (Wildman–Crippen LogP) is 7.23. The average molecular weight is 523 g/mol. The minimum Gasteiger partial charge on any atom is -0.508 e. The molecule has 0 fully saturated rings. The van der Waals surface area contributed by atoms with Crippen LogP contribution in [0.1, 0.15) is 70.4 Å². The number of aromatic hydroxyl groups is 1. The smallest absolute Gasteiger partial charge is 0.267 e. The highest BCUT2D eigenvalue weighted by Crippen LogP contribution is 2.40. The van der Waals surface area contributed by atoms with E-state index >= 15 is 0 Å². The highest BCUT2D eigenvalue weighted by Gasteiger charge is 2.33. The highest BCUT2D eigenvalue weighted by molar-refractivity contribution is 9.10. The largest absolute Gasteiger partial charge is 0.508 e. The molecule has 1 atom stereocenters. The van der Waals surface area contributed by atoms with Crippen LogP contribution in [-0.4, -0.2) is 23.8 Å². The summed E-state index contributed by atoms with van der Waals surface area (Å²) in [6, 6.07) is 12.4. The number of nitrogens with one attached hydrogen (secondary N) is 1. The summed E-state index contributed by atoms with van der Waals surface area (Å²) >= 11 is 9.69. The van der Waals surface area contributed by atoms with Crippen LogP contribution in [-0.2, 0) is 4.79 Å². The number of nitrogens with zero attached hydrogens (tertiary/aromatic N) is 2. The molecule has 32 heavy (non-hydrogen) atoms. The maximum Gasteiger partial charge on any atom is 0.267 e. The number of hydrazone groups is 1. The molecule has 2 N–H and O–H groups in total. The summed E-state index contributed by atoms with van der Waals surface area (Å²) in [5, 5.41) is 18.7. The number of hydrogen-bond donors (Lipinski definition) is 2. The SMILES string of the molecule is CCCCCCCC.CNC(=O)C1=NN(c2ccc(O)cc2Cl)C(c2ccc(Br)cc2)C1. The van der Waals surface area contributed by atoms with Crippen LogP contribution >= 0.6 is 27.5 Å². The van der Waals surface area contributed by atoms with Crippen molar-refractivity contribution >= 4 is 44.8 Å². The van der Waals surface area contributed by atoms with Crippen LogP contribution in [0.15, 0.2) is 52.0 Å². The lowest BCUT2D eigenvalue weighted by molar-refractivity contribution is -0.114. The molecule has 3 rings (SSSR count). The van der Waals surface area contributed by atoms with Crippen LogP contribution in [0.2, 0.25) is 5.02 Å². The van der Waals surface area contributed by atoms with Crippen molar-refractivity contribution < 1.29 is 9.90 Å². The lowest BCUT2D eigenvalue weighted by atomic mass is 10.0. The zero-order valence-electron chi connectivity index (χ0n) is 19.1. The third kappa shape index (κ3) is 7.52. The number of rotatable bonds is 8. The normalized spacial score (nSPS) is 15.1. The lowest BCUT2D eigenvalue weighted by Crippen LogP contribution is -2.26. The van der Waals surface area contributed by atoms with E-state index in [1.165, 1.54) is 44.6 Å². The van der Waals surface area contributed by atoms with E-state index in [0.717, 1.165) is 10.0 Å². The van der Waals surface area contributed by atoms with E-state index in [-0.39, 0.29) is 17.7 Å². The standard InChI is InChI=1S/C17H15BrClN3O2.C8H18/c1-20-17(24)14-9-16(10-2-4-11(18)5-3-10)22(21-14)15-7-6-12(23)8-13(15)19;1-3-5-7-8-6-4-2/h2-8,16,23H,9H2,1H3,(H,20,24);3-8H2,1-2H3. The molecule has 1 aliphatic heterocycles. The van der Waals surface area contributed by atoms with Gasteiger partial charge in [-0.2, -0.15) is 5.10 Å². The van der Waals surface area contributed by atoms with Gasteiger partial charge in [0.1, 0.15) is 11.5 Å². The number of halogens is 2. The van der Waals surface area contributed by atoms with Crippen LogP contribution in [0.4, 0.5) is 5.69 Å². The van der Waals surface area contributed by atoms with E-state index in [1.807, 2.05) is 24.3 Å². The summed E-state index contributed by atoms with van der Waals surface area (Å²) in [7, 11) is 1.58. The number of anilines is 1. The van der Waals surface area contributed by atoms with Gasteiger partial charge in [-0.25, -0.2) is 0 Å². The van der Waals surface area contributed by atoms with E-state index in [9.17, 15) is 9.90 Å². The third-order valence-corrected chi connectivity index (χ3v) is 6.12. The Morgan fingerprint density at radius 3 is 2.28 bits per heavy atom. The molecular weight excluding hydrogens is 490 g/mol. The van der Waals surface area contributed by atoms with Crippen molar-refractivity contribution in [2.75, 3.05) is 12.1 Å². The first kappa shape index (κ1) is 26.2. The fourth-order valence-electron chi connectivity index (χ4n) is 3.49. The Balaban J connectivity index is 0.000000390. The summed E-state index contributed by atoms with van der Waals surface area (Å²) in [5.41, 5.74) is 2.10. The second kappa shape index (κ2) is 13.5. The van der Waals surface area contributed by atoms with Gasteiger partial charge in [-0.15, -0.1) is 0 Å². The minimum absolute atomic E-state index is 0.0821. The van der Waals surface area contributed by atoms with E-state index in [2.05, 4.69) is 40.2 Å². The number of phenolic OH excluding ortho intramolecular Hbond substituents is 1. The summed E-state index contributed by atoms with van der Waals surface area (Å²) in [5.74, 6) is -0.131. The number of benzene rings is 2. The molecule has 0 spiro atoms. The molecule has 0 saturated heterocycles.